The fourth-order valence-corrected chi connectivity index (χ4v) is 7.27. The van der Waals surface area contributed by atoms with Gasteiger partial charge in [0.05, 0.1) is 11.7 Å². The van der Waals surface area contributed by atoms with Crippen LogP contribution in [0.4, 0.5) is 4.39 Å². The minimum Gasteiger partial charge on any atom is -0.390 e. The summed E-state index contributed by atoms with van der Waals surface area (Å²) in [6.45, 7) is 5.89. The zero-order valence-electron chi connectivity index (χ0n) is 15.1. The Morgan fingerprint density at radius 2 is 1.75 bits per heavy atom. The molecule has 0 aromatic rings. The number of hydrogen-bond acceptors (Lipinski definition) is 3. The Labute approximate surface area is 144 Å². The van der Waals surface area contributed by atoms with E-state index < -0.39 is 28.2 Å². The number of ketones is 1. The normalized spacial score (nSPS) is 60.3. The van der Waals surface area contributed by atoms with E-state index in [1.165, 1.54) is 0 Å². The second-order valence-electron chi connectivity index (χ2n) is 9.87. The summed E-state index contributed by atoms with van der Waals surface area (Å²) in [6, 6.07) is 0. The summed E-state index contributed by atoms with van der Waals surface area (Å²) in [4.78, 5) is 11.9. The van der Waals surface area contributed by atoms with Gasteiger partial charge in [0.1, 0.15) is 11.5 Å². The lowest BCUT2D eigenvalue weighted by atomic mass is 9.42. The minimum absolute atomic E-state index is 0.0564. The molecule has 0 aromatic carbocycles. The van der Waals surface area contributed by atoms with Crippen molar-refractivity contribution in [2.45, 2.75) is 89.5 Å². The van der Waals surface area contributed by atoms with Crippen molar-refractivity contribution in [2.75, 3.05) is 0 Å². The first-order valence-electron chi connectivity index (χ1n) is 9.67. The van der Waals surface area contributed by atoms with Gasteiger partial charge in [-0.1, -0.05) is 13.8 Å². The highest BCUT2D eigenvalue weighted by Crippen LogP contribution is 2.70. The lowest BCUT2D eigenvalue weighted by molar-refractivity contribution is -0.254. The smallest absolute Gasteiger partial charge is 0.145 e. The largest absolute Gasteiger partial charge is 0.390 e. The van der Waals surface area contributed by atoms with E-state index >= 15 is 4.39 Å². The molecule has 4 aliphatic carbocycles. The molecule has 0 amide bonds. The van der Waals surface area contributed by atoms with Crippen molar-refractivity contribution < 1.29 is 19.4 Å². The van der Waals surface area contributed by atoms with E-state index in [0.29, 0.717) is 32.1 Å². The standard InChI is InChI=1S/C20H31FO3/c1-17-8-6-13(22)10-12(17)4-5-15-14-7-9-19(3,24)18(14,2)11-16(23)20(15,17)21/h12,14-16,23-24H,4-11H2,1-3H3. The third-order valence-corrected chi connectivity index (χ3v) is 9.12. The van der Waals surface area contributed by atoms with Crippen molar-refractivity contribution in [1.82, 2.24) is 0 Å². The Bertz CT molecular complexity index is 575. The van der Waals surface area contributed by atoms with E-state index in [4.69, 9.17) is 0 Å². The molecule has 4 heteroatoms. The van der Waals surface area contributed by atoms with Crippen molar-refractivity contribution >= 4 is 5.78 Å². The SMILES string of the molecule is CC1(O)CCC2C3CCC4CC(=O)CCC4(C)C3(F)C(O)CC21C. The summed E-state index contributed by atoms with van der Waals surface area (Å²) in [5, 5.41) is 21.9. The van der Waals surface area contributed by atoms with Crippen molar-refractivity contribution in [1.29, 1.82) is 0 Å². The Morgan fingerprint density at radius 1 is 1.04 bits per heavy atom. The molecule has 0 spiro atoms. The number of Topliss-reactive ketones (excluding diaryl/α,β-unsaturated/α-hetero) is 1. The van der Waals surface area contributed by atoms with Crippen LogP contribution in [-0.2, 0) is 4.79 Å². The van der Waals surface area contributed by atoms with Crippen LogP contribution in [0, 0.1) is 28.6 Å². The Balaban J connectivity index is 1.77. The first-order chi connectivity index (χ1) is 11.1. The molecule has 0 bridgehead atoms. The van der Waals surface area contributed by atoms with Gasteiger partial charge in [-0.25, -0.2) is 4.39 Å². The highest BCUT2D eigenvalue weighted by molar-refractivity contribution is 5.79. The van der Waals surface area contributed by atoms with Crippen molar-refractivity contribution in [2.24, 2.45) is 28.6 Å². The molecule has 8 atom stereocenters. The molecule has 2 N–H and O–H groups in total. The summed E-state index contributed by atoms with van der Waals surface area (Å²) < 4.78 is 16.7. The highest BCUT2D eigenvalue weighted by atomic mass is 19.1. The third kappa shape index (κ3) is 1.77. The highest BCUT2D eigenvalue weighted by Gasteiger charge is 2.73. The molecule has 24 heavy (non-hydrogen) atoms. The molecule has 136 valence electrons. The quantitative estimate of drug-likeness (QED) is 0.711. The summed E-state index contributed by atoms with van der Waals surface area (Å²) in [6.07, 6.45) is 3.89. The van der Waals surface area contributed by atoms with Crippen molar-refractivity contribution in [3.8, 4) is 0 Å². The Morgan fingerprint density at radius 3 is 2.46 bits per heavy atom. The van der Waals surface area contributed by atoms with Gasteiger partial charge in [0, 0.05) is 23.7 Å². The zero-order chi connectivity index (χ0) is 17.5. The van der Waals surface area contributed by atoms with Gasteiger partial charge < -0.3 is 10.2 Å². The topological polar surface area (TPSA) is 57.5 Å². The summed E-state index contributed by atoms with van der Waals surface area (Å²) >= 11 is 0. The first kappa shape index (κ1) is 17.0. The number of hydrogen-bond donors (Lipinski definition) is 2. The first-order valence-corrected chi connectivity index (χ1v) is 9.67. The number of carbonyl (C=O) groups excluding carboxylic acids is 1. The lowest BCUT2D eigenvalue weighted by Gasteiger charge is -2.65. The Hall–Kier alpha value is -0.480. The number of rotatable bonds is 0. The fraction of sp³-hybridized carbons (Fsp3) is 0.950. The van der Waals surface area contributed by atoms with Crippen LogP contribution >= 0.6 is 0 Å². The molecule has 0 aromatic heterocycles. The number of aliphatic hydroxyl groups is 2. The molecule has 4 saturated carbocycles. The van der Waals surface area contributed by atoms with Crippen LogP contribution in [0.5, 0.6) is 0 Å². The van der Waals surface area contributed by atoms with Crippen LogP contribution in [0.25, 0.3) is 0 Å². The molecule has 8 unspecified atom stereocenters. The second-order valence-corrected chi connectivity index (χ2v) is 9.87. The maximum absolute atomic E-state index is 16.7. The molecule has 4 aliphatic rings. The van der Waals surface area contributed by atoms with E-state index in [9.17, 15) is 15.0 Å². The van der Waals surface area contributed by atoms with Gasteiger partial charge in [0.15, 0.2) is 0 Å². The van der Waals surface area contributed by atoms with Gasteiger partial charge in [-0.15, -0.1) is 0 Å². The Kier molecular flexibility index (Phi) is 3.41. The number of carbonyl (C=O) groups is 1. The maximum atomic E-state index is 16.7. The predicted molar refractivity (Wildman–Crippen MR) is 89.1 cm³/mol. The number of alkyl halides is 1. The maximum Gasteiger partial charge on any atom is 0.145 e. The molecular weight excluding hydrogens is 307 g/mol. The summed E-state index contributed by atoms with van der Waals surface area (Å²) in [5.74, 6) is 0.227. The molecular formula is C20H31FO3. The van der Waals surface area contributed by atoms with Gasteiger partial charge >= 0.3 is 0 Å². The van der Waals surface area contributed by atoms with Gasteiger partial charge in [0.2, 0.25) is 0 Å². The van der Waals surface area contributed by atoms with Crippen LogP contribution in [-0.4, -0.2) is 33.4 Å². The zero-order valence-corrected chi connectivity index (χ0v) is 15.1. The molecule has 0 saturated heterocycles. The molecule has 4 rings (SSSR count). The van der Waals surface area contributed by atoms with E-state index in [-0.39, 0.29) is 23.5 Å². The van der Waals surface area contributed by atoms with Gasteiger partial charge in [0.25, 0.3) is 0 Å². The van der Waals surface area contributed by atoms with Crippen LogP contribution in [0.1, 0.15) is 72.1 Å². The van der Waals surface area contributed by atoms with Crippen LogP contribution in [0.3, 0.4) is 0 Å². The lowest BCUT2D eigenvalue weighted by Crippen LogP contribution is -2.70. The van der Waals surface area contributed by atoms with Gasteiger partial charge in [-0.05, 0) is 63.2 Å². The van der Waals surface area contributed by atoms with E-state index in [1.807, 2.05) is 20.8 Å². The number of fused-ring (bicyclic) bond motifs is 5. The molecule has 3 nitrogen and oxygen atoms in total. The average Bonchev–Trinajstić information content (AvgIpc) is 2.72. The van der Waals surface area contributed by atoms with Crippen LogP contribution < -0.4 is 0 Å². The monoisotopic (exact) mass is 338 g/mol. The van der Waals surface area contributed by atoms with Crippen LogP contribution in [0.2, 0.25) is 0 Å². The minimum atomic E-state index is -1.62. The van der Waals surface area contributed by atoms with E-state index in [1.54, 1.807) is 0 Å². The van der Waals surface area contributed by atoms with E-state index in [0.717, 1.165) is 19.3 Å². The second kappa shape index (κ2) is 4.82. The molecule has 4 fully saturated rings. The van der Waals surface area contributed by atoms with Crippen molar-refractivity contribution in [3.05, 3.63) is 0 Å². The number of halogens is 1. The van der Waals surface area contributed by atoms with E-state index in [2.05, 4.69) is 0 Å². The molecule has 0 heterocycles. The summed E-state index contributed by atoms with van der Waals surface area (Å²) in [7, 11) is 0. The van der Waals surface area contributed by atoms with Crippen LogP contribution in [0.15, 0.2) is 0 Å². The van der Waals surface area contributed by atoms with Gasteiger partial charge in [-0.2, -0.15) is 0 Å². The molecule has 0 radical (unpaired) electrons. The van der Waals surface area contributed by atoms with Gasteiger partial charge in [-0.3, -0.25) is 4.79 Å². The summed E-state index contributed by atoms with van der Waals surface area (Å²) in [5.41, 5.74) is -3.49. The fourth-order valence-electron chi connectivity index (χ4n) is 7.27. The van der Waals surface area contributed by atoms with Crippen molar-refractivity contribution in [3.63, 3.8) is 0 Å². The third-order valence-electron chi connectivity index (χ3n) is 9.12. The number of aliphatic hydroxyl groups excluding tert-OH is 1. The average molecular weight is 338 g/mol. The molecule has 0 aliphatic heterocycles. The predicted octanol–water partition coefficient (Wildman–Crippen LogP) is 3.41.